The summed E-state index contributed by atoms with van der Waals surface area (Å²) in [5, 5.41) is 4.18. The molecule has 0 bridgehead atoms. The number of nitrogens with one attached hydrogen (secondary N) is 2. The lowest BCUT2D eigenvalue weighted by molar-refractivity contribution is 0.881. The van der Waals surface area contributed by atoms with Crippen LogP contribution in [0.1, 0.15) is 11.6 Å². The maximum absolute atomic E-state index is 4.43. The highest BCUT2D eigenvalue weighted by atomic mass is 79.9. The van der Waals surface area contributed by atoms with E-state index < -0.39 is 0 Å². The lowest BCUT2D eigenvalue weighted by Gasteiger charge is -2.14. The van der Waals surface area contributed by atoms with E-state index in [1.165, 1.54) is 10.9 Å². The molecule has 3 rings (SSSR count). The second kappa shape index (κ2) is 3.79. The van der Waals surface area contributed by atoms with E-state index >= 15 is 0 Å². The van der Waals surface area contributed by atoms with Gasteiger partial charge in [0.1, 0.15) is 6.04 Å². The topological polar surface area (TPSA) is 40.2 Å². The first-order valence-electron chi connectivity index (χ1n) is 5.05. The summed E-state index contributed by atoms with van der Waals surface area (Å²) in [6, 6.07) is 8.30. The molecule has 1 atom stereocenters. The summed E-state index contributed by atoms with van der Waals surface area (Å²) in [4.78, 5) is 7.70. The van der Waals surface area contributed by atoms with Gasteiger partial charge in [0.05, 0.1) is 6.34 Å². The lowest BCUT2D eigenvalue weighted by atomic mass is 10.1. The minimum atomic E-state index is 0.0531. The van der Waals surface area contributed by atoms with Crippen LogP contribution in [0.3, 0.4) is 0 Å². The average molecular weight is 276 g/mol. The Morgan fingerprint density at radius 3 is 3.00 bits per heavy atom. The number of rotatable bonds is 1. The maximum Gasteiger partial charge on any atom is 0.112 e. The molecule has 0 radical (unpaired) electrons. The molecule has 1 aliphatic heterocycles. The van der Waals surface area contributed by atoms with Crippen LogP contribution in [-0.2, 0) is 0 Å². The highest BCUT2D eigenvalue weighted by Gasteiger charge is 2.18. The molecule has 1 unspecified atom stereocenters. The van der Waals surface area contributed by atoms with E-state index in [2.05, 4.69) is 43.4 Å². The number of hydrogen-bond donors (Lipinski definition) is 2. The smallest absolute Gasteiger partial charge is 0.112 e. The van der Waals surface area contributed by atoms with E-state index in [-0.39, 0.29) is 6.04 Å². The summed E-state index contributed by atoms with van der Waals surface area (Å²) in [7, 11) is 0. The van der Waals surface area contributed by atoms with E-state index in [0.29, 0.717) is 0 Å². The number of aromatic amines is 1. The fourth-order valence-corrected chi connectivity index (χ4v) is 2.43. The third-order valence-electron chi connectivity index (χ3n) is 2.70. The highest BCUT2D eigenvalue weighted by Crippen LogP contribution is 2.34. The molecule has 4 heteroatoms. The summed E-state index contributed by atoms with van der Waals surface area (Å²) in [6.07, 6.45) is 5.66. The third kappa shape index (κ3) is 1.46. The van der Waals surface area contributed by atoms with Gasteiger partial charge in [-0.25, -0.2) is 0 Å². The number of hydrogen-bond acceptors (Lipinski definition) is 2. The van der Waals surface area contributed by atoms with Crippen LogP contribution in [0.15, 0.2) is 46.1 Å². The van der Waals surface area contributed by atoms with Crippen molar-refractivity contribution in [2.75, 3.05) is 0 Å². The zero-order valence-electron chi connectivity index (χ0n) is 8.44. The van der Waals surface area contributed by atoms with Gasteiger partial charge in [-0.05, 0) is 6.07 Å². The molecule has 1 aliphatic rings. The van der Waals surface area contributed by atoms with E-state index in [1.807, 2.05) is 24.5 Å². The SMILES string of the molecule is BrC1=CNC=NC1c1c[nH]c2ccccc12. The molecule has 0 saturated carbocycles. The average Bonchev–Trinajstić information content (AvgIpc) is 2.74. The number of aliphatic imine (C=N–C) groups is 1. The van der Waals surface area contributed by atoms with Gasteiger partial charge in [-0.1, -0.05) is 34.1 Å². The first-order valence-corrected chi connectivity index (χ1v) is 5.85. The van der Waals surface area contributed by atoms with Crippen LogP contribution in [0, 0.1) is 0 Å². The number of benzene rings is 1. The van der Waals surface area contributed by atoms with Crippen LogP contribution in [0.4, 0.5) is 0 Å². The van der Waals surface area contributed by atoms with Crippen molar-refractivity contribution >= 4 is 33.2 Å². The Morgan fingerprint density at radius 1 is 1.25 bits per heavy atom. The van der Waals surface area contributed by atoms with Gasteiger partial charge in [0.2, 0.25) is 0 Å². The van der Waals surface area contributed by atoms with Gasteiger partial charge < -0.3 is 10.3 Å². The van der Waals surface area contributed by atoms with E-state index in [9.17, 15) is 0 Å². The van der Waals surface area contributed by atoms with Crippen molar-refractivity contribution in [1.82, 2.24) is 10.3 Å². The summed E-state index contributed by atoms with van der Waals surface area (Å²) in [6.45, 7) is 0. The summed E-state index contributed by atoms with van der Waals surface area (Å²) in [5.41, 5.74) is 2.34. The van der Waals surface area contributed by atoms with E-state index in [4.69, 9.17) is 0 Å². The lowest BCUT2D eigenvalue weighted by Crippen LogP contribution is -2.11. The number of nitrogens with zero attached hydrogens (tertiary/aromatic N) is 1. The molecule has 0 aliphatic carbocycles. The second-order valence-electron chi connectivity index (χ2n) is 3.67. The van der Waals surface area contributed by atoms with Gasteiger partial charge >= 0.3 is 0 Å². The van der Waals surface area contributed by atoms with Gasteiger partial charge in [0, 0.05) is 33.3 Å². The molecule has 2 heterocycles. The summed E-state index contributed by atoms with van der Waals surface area (Å²) < 4.78 is 1.04. The standard InChI is InChI=1S/C12H10BrN3/c13-10-6-14-7-16-12(10)9-5-15-11-4-2-1-3-8(9)11/h1-7,12,15H,(H,14,16). The van der Waals surface area contributed by atoms with Crippen LogP contribution < -0.4 is 5.32 Å². The van der Waals surface area contributed by atoms with Gasteiger partial charge in [-0.15, -0.1) is 0 Å². The molecule has 1 aromatic carbocycles. The van der Waals surface area contributed by atoms with Crippen LogP contribution in [0.2, 0.25) is 0 Å². The number of para-hydroxylation sites is 1. The predicted molar refractivity (Wildman–Crippen MR) is 69.7 cm³/mol. The number of aromatic nitrogens is 1. The van der Waals surface area contributed by atoms with Gasteiger partial charge in [-0.3, -0.25) is 4.99 Å². The van der Waals surface area contributed by atoms with Crippen molar-refractivity contribution in [3.8, 4) is 0 Å². The van der Waals surface area contributed by atoms with Crippen molar-refractivity contribution in [3.63, 3.8) is 0 Å². The Kier molecular flexibility index (Phi) is 2.29. The fraction of sp³-hybridized carbons (Fsp3) is 0.0833. The van der Waals surface area contributed by atoms with Crippen LogP contribution in [0.25, 0.3) is 10.9 Å². The molecule has 2 N–H and O–H groups in total. The predicted octanol–water partition coefficient (Wildman–Crippen LogP) is 3.08. The molecule has 0 fully saturated rings. The Bertz CT molecular complexity index is 583. The molecule has 2 aromatic rings. The monoisotopic (exact) mass is 275 g/mol. The highest BCUT2D eigenvalue weighted by molar-refractivity contribution is 9.11. The quantitative estimate of drug-likeness (QED) is 0.825. The van der Waals surface area contributed by atoms with Crippen molar-refractivity contribution in [1.29, 1.82) is 0 Å². The van der Waals surface area contributed by atoms with Crippen LogP contribution in [0.5, 0.6) is 0 Å². The molecule has 3 nitrogen and oxygen atoms in total. The second-order valence-corrected chi connectivity index (χ2v) is 4.58. The molecule has 1 aromatic heterocycles. The fourth-order valence-electron chi connectivity index (χ4n) is 1.93. The molecule has 0 saturated heterocycles. The zero-order valence-corrected chi connectivity index (χ0v) is 10.0. The van der Waals surface area contributed by atoms with Crippen LogP contribution in [-0.4, -0.2) is 11.3 Å². The van der Waals surface area contributed by atoms with Crippen molar-refractivity contribution in [3.05, 3.63) is 46.7 Å². The zero-order chi connectivity index (χ0) is 11.0. The Hall–Kier alpha value is -1.55. The van der Waals surface area contributed by atoms with Gasteiger partial charge in [0.15, 0.2) is 0 Å². The van der Waals surface area contributed by atoms with Crippen molar-refractivity contribution in [2.45, 2.75) is 6.04 Å². The first-order chi connectivity index (χ1) is 7.86. The van der Waals surface area contributed by atoms with Crippen LogP contribution >= 0.6 is 15.9 Å². The molecule has 0 spiro atoms. The first kappa shape index (κ1) is 9.66. The maximum atomic E-state index is 4.43. The van der Waals surface area contributed by atoms with Gasteiger partial charge in [0.25, 0.3) is 0 Å². The minimum absolute atomic E-state index is 0.0531. The molecule has 0 amide bonds. The Balaban J connectivity index is 2.15. The summed E-state index contributed by atoms with van der Waals surface area (Å²) >= 11 is 3.53. The van der Waals surface area contributed by atoms with Crippen molar-refractivity contribution < 1.29 is 0 Å². The minimum Gasteiger partial charge on any atom is -0.361 e. The van der Waals surface area contributed by atoms with Gasteiger partial charge in [-0.2, -0.15) is 0 Å². The molecular weight excluding hydrogens is 266 g/mol. The van der Waals surface area contributed by atoms with E-state index in [0.717, 1.165) is 10.00 Å². The van der Waals surface area contributed by atoms with E-state index in [1.54, 1.807) is 6.34 Å². The number of H-pyrrole nitrogens is 1. The Labute approximate surface area is 101 Å². The molecule has 80 valence electrons. The normalized spacial score (nSPS) is 19.6. The Morgan fingerprint density at radius 2 is 2.12 bits per heavy atom. The molecule has 16 heavy (non-hydrogen) atoms. The largest absolute Gasteiger partial charge is 0.361 e. The molecular formula is C12H10BrN3. The summed E-state index contributed by atoms with van der Waals surface area (Å²) in [5.74, 6) is 0. The number of fused-ring (bicyclic) bond motifs is 1. The van der Waals surface area contributed by atoms with Crippen molar-refractivity contribution in [2.24, 2.45) is 4.99 Å². The number of halogens is 1. The third-order valence-corrected chi connectivity index (χ3v) is 3.36.